The quantitative estimate of drug-likeness (QED) is 0.208. The second kappa shape index (κ2) is 9.19. The molecule has 9 heteroatoms. The molecule has 9 nitrogen and oxygen atoms in total. The number of pyridine rings is 1. The minimum atomic E-state index is -0.586. The predicted molar refractivity (Wildman–Crippen MR) is 135 cm³/mol. The number of hydrogen-bond acceptors (Lipinski definition) is 5. The number of anilines is 1. The van der Waals surface area contributed by atoms with Crippen LogP contribution in [0.5, 0.6) is 0 Å². The molecule has 4 N–H and O–H groups in total. The zero-order valence-corrected chi connectivity index (χ0v) is 19.2. The van der Waals surface area contributed by atoms with Crippen LogP contribution >= 0.6 is 0 Å². The van der Waals surface area contributed by atoms with E-state index < -0.39 is 11.9 Å². The summed E-state index contributed by atoms with van der Waals surface area (Å²) >= 11 is 0. The summed E-state index contributed by atoms with van der Waals surface area (Å²) in [7, 11) is 0. The minimum absolute atomic E-state index is 0.177. The zero-order chi connectivity index (χ0) is 25.2. The Labute approximate surface area is 205 Å². The van der Waals surface area contributed by atoms with Crippen molar-refractivity contribution in [3.8, 4) is 17.5 Å². The molecule has 0 bridgehead atoms. The van der Waals surface area contributed by atoms with Gasteiger partial charge in [0.05, 0.1) is 11.4 Å². The van der Waals surface area contributed by atoms with Crippen LogP contribution in [0.25, 0.3) is 22.1 Å². The lowest BCUT2D eigenvalue weighted by atomic mass is 10.0. The number of aromatic amines is 1. The molecule has 0 aliphatic rings. The number of nitrogens with one attached hydrogen (secondary N) is 2. The van der Waals surface area contributed by atoms with Gasteiger partial charge in [0.1, 0.15) is 12.4 Å². The van der Waals surface area contributed by atoms with Gasteiger partial charge < -0.3 is 11.1 Å². The van der Waals surface area contributed by atoms with Gasteiger partial charge >= 0.3 is 5.65 Å². The highest BCUT2D eigenvalue weighted by Crippen LogP contribution is 2.24. The standard InChI is InChI=1S/C27H20N6O3/c1-17(30-26(35)23-24(28)31-32-14-7-13-29-25(23)32)21-16-19-9-5-8-18(10-6-15-34)22(19)27(36)33(21)20-11-3-2-4-12-20/h2-5,7-9,11-17H,1H3,(H3,28,30,31,35)/p+1. The van der Waals surface area contributed by atoms with Crippen molar-refractivity contribution in [2.75, 3.05) is 5.73 Å². The number of aromatic nitrogens is 4. The Kier molecular flexibility index (Phi) is 5.76. The van der Waals surface area contributed by atoms with Crippen LogP contribution in [-0.2, 0) is 4.79 Å². The molecule has 0 saturated carbocycles. The average Bonchev–Trinajstić information content (AvgIpc) is 3.23. The largest absolute Gasteiger partial charge is 0.382 e. The Hall–Kier alpha value is -5.23. The highest BCUT2D eigenvalue weighted by molar-refractivity contribution is 6.03. The fourth-order valence-corrected chi connectivity index (χ4v) is 4.27. The first kappa shape index (κ1) is 22.6. The SMILES string of the molecule is CC(NC(=O)c1c(N)[nH][n+]2cccnc12)c1cc2cccc(C#CC=O)c2c(=O)n1-c1ccccc1. The average molecular weight is 478 g/mol. The van der Waals surface area contributed by atoms with Gasteiger partial charge in [-0.15, -0.1) is 4.52 Å². The van der Waals surface area contributed by atoms with E-state index in [-0.39, 0.29) is 16.9 Å². The molecule has 5 rings (SSSR count). The van der Waals surface area contributed by atoms with Crippen molar-refractivity contribution in [1.82, 2.24) is 20.0 Å². The lowest BCUT2D eigenvalue weighted by Crippen LogP contribution is -2.33. The number of nitrogen functional groups attached to an aromatic ring is 1. The van der Waals surface area contributed by atoms with Crippen molar-refractivity contribution >= 4 is 34.4 Å². The number of amides is 1. The number of carbonyl (C=O) groups is 2. The molecule has 0 radical (unpaired) electrons. The fraction of sp³-hybridized carbons (Fsp3) is 0.0741. The molecule has 36 heavy (non-hydrogen) atoms. The van der Waals surface area contributed by atoms with E-state index in [1.54, 1.807) is 52.7 Å². The number of nitrogens with zero attached hydrogens (tertiary/aromatic N) is 3. The maximum Gasteiger partial charge on any atom is 0.362 e. The minimum Gasteiger partial charge on any atom is -0.382 e. The van der Waals surface area contributed by atoms with Crippen LogP contribution in [0, 0.1) is 11.8 Å². The molecule has 5 aromatic rings. The third-order valence-electron chi connectivity index (χ3n) is 5.85. The van der Waals surface area contributed by atoms with E-state index in [9.17, 15) is 14.4 Å². The molecule has 176 valence electrons. The van der Waals surface area contributed by atoms with E-state index in [1.165, 1.54) is 0 Å². The van der Waals surface area contributed by atoms with Gasteiger partial charge in [-0.1, -0.05) is 36.3 Å². The second-order valence-electron chi connectivity index (χ2n) is 8.11. The molecule has 0 aliphatic heterocycles. The second-order valence-corrected chi connectivity index (χ2v) is 8.11. The number of aldehydes is 1. The Morgan fingerprint density at radius 3 is 2.78 bits per heavy atom. The van der Waals surface area contributed by atoms with Crippen molar-refractivity contribution in [2.24, 2.45) is 0 Å². The molecule has 1 unspecified atom stereocenters. The van der Waals surface area contributed by atoms with Crippen molar-refractivity contribution < 1.29 is 14.1 Å². The third-order valence-corrected chi connectivity index (χ3v) is 5.85. The molecule has 3 aromatic heterocycles. The van der Waals surface area contributed by atoms with Crippen molar-refractivity contribution in [2.45, 2.75) is 13.0 Å². The number of para-hydroxylation sites is 1. The predicted octanol–water partition coefficient (Wildman–Crippen LogP) is 2.08. The van der Waals surface area contributed by atoms with Gasteiger partial charge in [-0.25, -0.2) is 5.10 Å². The molecule has 0 aliphatic carbocycles. The van der Waals surface area contributed by atoms with Crippen molar-refractivity contribution in [1.29, 1.82) is 0 Å². The monoisotopic (exact) mass is 477 g/mol. The summed E-state index contributed by atoms with van der Waals surface area (Å²) < 4.78 is 3.11. The number of benzene rings is 2. The van der Waals surface area contributed by atoms with Gasteiger partial charge in [-0.05, 0) is 47.5 Å². The fourth-order valence-electron chi connectivity index (χ4n) is 4.27. The first-order valence-electron chi connectivity index (χ1n) is 11.1. The lowest BCUT2D eigenvalue weighted by Gasteiger charge is -2.21. The topological polar surface area (TPSA) is 127 Å². The molecule has 0 spiro atoms. The third kappa shape index (κ3) is 3.86. The maximum absolute atomic E-state index is 13.8. The van der Waals surface area contributed by atoms with Crippen LogP contribution in [0.15, 0.2) is 77.9 Å². The van der Waals surface area contributed by atoms with E-state index >= 15 is 0 Å². The normalized spacial score (nSPS) is 11.6. The zero-order valence-electron chi connectivity index (χ0n) is 19.2. The summed E-state index contributed by atoms with van der Waals surface area (Å²) in [6.07, 6.45) is 3.77. The van der Waals surface area contributed by atoms with Gasteiger partial charge in [0.2, 0.25) is 0 Å². The summed E-state index contributed by atoms with van der Waals surface area (Å²) in [6, 6.07) is 17.4. The van der Waals surface area contributed by atoms with Crippen LogP contribution in [0.1, 0.15) is 34.6 Å². The number of fused-ring (bicyclic) bond motifs is 2. The molecule has 1 amide bonds. The highest BCUT2D eigenvalue weighted by Gasteiger charge is 2.27. The van der Waals surface area contributed by atoms with Gasteiger partial charge in [-0.2, -0.15) is 0 Å². The number of carbonyl (C=O) groups excluding carboxylic acids is 2. The summed E-state index contributed by atoms with van der Waals surface area (Å²) in [5, 5.41) is 6.88. The van der Waals surface area contributed by atoms with Crippen LogP contribution in [0.3, 0.4) is 0 Å². The van der Waals surface area contributed by atoms with E-state index in [1.807, 2.05) is 36.4 Å². The van der Waals surface area contributed by atoms with Gasteiger partial charge in [0.25, 0.3) is 11.5 Å². The van der Waals surface area contributed by atoms with E-state index in [2.05, 4.69) is 27.2 Å². The molecular weight excluding hydrogens is 456 g/mol. The van der Waals surface area contributed by atoms with Crippen LogP contribution in [0.4, 0.5) is 5.82 Å². The highest BCUT2D eigenvalue weighted by atomic mass is 16.2. The molecular formula is C27H21N6O3+. The van der Waals surface area contributed by atoms with Crippen LogP contribution in [0.2, 0.25) is 0 Å². The smallest absolute Gasteiger partial charge is 0.362 e. The number of nitrogens with two attached hydrogens (primary N) is 1. The van der Waals surface area contributed by atoms with Crippen molar-refractivity contribution in [3.05, 3.63) is 100 Å². The molecule has 2 aromatic carbocycles. The maximum atomic E-state index is 13.8. The first-order valence-corrected chi connectivity index (χ1v) is 11.1. The number of rotatable bonds is 4. The lowest BCUT2D eigenvalue weighted by molar-refractivity contribution is -0.577. The van der Waals surface area contributed by atoms with E-state index in [4.69, 9.17) is 5.73 Å². The molecule has 3 heterocycles. The number of H-pyrrole nitrogens is 1. The van der Waals surface area contributed by atoms with Crippen LogP contribution in [-0.4, -0.2) is 26.8 Å². The van der Waals surface area contributed by atoms with E-state index in [0.29, 0.717) is 39.7 Å². The van der Waals surface area contributed by atoms with Gasteiger partial charge in [0, 0.05) is 23.0 Å². The summed E-state index contributed by atoms with van der Waals surface area (Å²) in [5.74, 6) is 4.88. The molecule has 1 atom stereocenters. The number of hydrogen-bond donors (Lipinski definition) is 3. The Morgan fingerprint density at radius 2 is 2.00 bits per heavy atom. The van der Waals surface area contributed by atoms with Crippen molar-refractivity contribution in [3.63, 3.8) is 0 Å². The van der Waals surface area contributed by atoms with E-state index in [0.717, 1.165) is 0 Å². The summed E-state index contributed by atoms with van der Waals surface area (Å²) in [4.78, 5) is 42.2. The first-order chi connectivity index (χ1) is 17.5. The van der Waals surface area contributed by atoms with Gasteiger partial charge in [0.15, 0.2) is 17.7 Å². The summed E-state index contributed by atoms with van der Waals surface area (Å²) in [6.45, 7) is 1.79. The Morgan fingerprint density at radius 1 is 1.19 bits per heavy atom. The Bertz CT molecular complexity index is 1760. The Balaban J connectivity index is 1.66. The van der Waals surface area contributed by atoms with Crippen LogP contribution < -0.4 is 21.1 Å². The summed E-state index contributed by atoms with van der Waals surface area (Å²) in [5.41, 5.74) is 8.00. The van der Waals surface area contributed by atoms with Gasteiger partial charge in [-0.3, -0.25) is 19.0 Å². The molecule has 0 fully saturated rings. The molecule has 0 saturated heterocycles.